The van der Waals surface area contributed by atoms with Crippen LogP contribution in [0.5, 0.6) is 5.75 Å². The molecule has 156 valence electrons. The molecule has 1 N–H and O–H groups in total. The third-order valence-corrected chi connectivity index (χ3v) is 6.25. The van der Waals surface area contributed by atoms with Gasteiger partial charge in [-0.25, -0.2) is 0 Å². The number of anilines is 1. The highest BCUT2D eigenvalue weighted by Gasteiger charge is 2.46. The zero-order valence-corrected chi connectivity index (χ0v) is 17.0. The van der Waals surface area contributed by atoms with Gasteiger partial charge in [-0.1, -0.05) is 24.4 Å². The van der Waals surface area contributed by atoms with E-state index >= 15 is 0 Å². The normalized spacial score (nSPS) is 24.7. The molecule has 1 aliphatic carbocycles. The van der Waals surface area contributed by atoms with E-state index < -0.39 is 5.60 Å². The number of nitrogens with one attached hydrogen (secondary N) is 1. The van der Waals surface area contributed by atoms with E-state index in [0.717, 1.165) is 50.8 Å². The minimum Gasteiger partial charge on any atom is -0.497 e. The third-order valence-electron chi connectivity index (χ3n) is 6.25. The van der Waals surface area contributed by atoms with Crippen LogP contribution in [0.1, 0.15) is 51.4 Å². The molecule has 2 heterocycles. The summed E-state index contributed by atoms with van der Waals surface area (Å²) in [4.78, 5) is 33.3. The molecule has 29 heavy (non-hydrogen) atoms. The van der Waals surface area contributed by atoms with Crippen LogP contribution in [0.4, 0.5) is 5.69 Å². The summed E-state index contributed by atoms with van der Waals surface area (Å²) in [5.41, 5.74) is 0.500. The molecule has 1 aromatic rings. The van der Waals surface area contributed by atoms with Crippen LogP contribution in [0, 0.1) is 5.92 Å². The lowest BCUT2D eigenvalue weighted by Gasteiger charge is -2.40. The van der Waals surface area contributed by atoms with Gasteiger partial charge >= 0.3 is 0 Å². The van der Waals surface area contributed by atoms with Gasteiger partial charge in [-0.15, -0.1) is 0 Å². The number of oxime groups is 1. The van der Waals surface area contributed by atoms with Crippen molar-refractivity contribution in [2.24, 2.45) is 11.1 Å². The first-order chi connectivity index (χ1) is 14.1. The number of hydrogen-bond donors (Lipinski definition) is 1. The highest BCUT2D eigenvalue weighted by Crippen LogP contribution is 2.35. The fourth-order valence-electron chi connectivity index (χ4n) is 4.63. The Kier molecular flexibility index (Phi) is 5.74. The molecule has 1 atom stereocenters. The summed E-state index contributed by atoms with van der Waals surface area (Å²) in [6.07, 6.45) is 7.63. The molecule has 1 unspecified atom stereocenters. The fourth-order valence-corrected chi connectivity index (χ4v) is 4.63. The minimum absolute atomic E-state index is 0.152. The van der Waals surface area contributed by atoms with Crippen LogP contribution in [-0.2, 0) is 14.4 Å². The number of nitrogens with zero attached hydrogens (tertiary/aromatic N) is 2. The summed E-state index contributed by atoms with van der Waals surface area (Å²) in [5.74, 6) is 0.874. The van der Waals surface area contributed by atoms with E-state index in [1.807, 2.05) is 4.90 Å². The van der Waals surface area contributed by atoms with Gasteiger partial charge in [0.2, 0.25) is 5.91 Å². The molecule has 2 amide bonds. The van der Waals surface area contributed by atoms with Crippen LogP contribution in [0.25, 0.3) is 0 Å². The first-order valence-corrected chi connectivity index (χ1v) is 10.6. The number of ether oxygens (including phenoxy) is 1. The Morgan fingerprint density at radius 1 is 1.17 bits per heavy atom. The van der Waals surface area contributed by atoms with Gasteiger partial charge in [0, 0.05) is 24.6 Å². The molecule has 0 radical (unpaired) electrons. The highest BCUT2D eigenvalue weighted by atomic mass is 16.7. The topological polar surface area (TPSA) is 80.2 Å². The molecule has 1 spiro atoms. The minimum atomic E-state index is -0.560. The molecule has 1 saturated heterocycles. The number of likely N-dealkylation sites (tertiary alicyclic amines) is 1. The van der Waals surface area contributed by atoms with Gasteiger partial charge in [-0.2, -0.15) is 0 Å². The Morgan fingerprint density at radius 3 is 2.66 bits per heavy atom. The molecule has 7 heteroatoms. The summed E-state index contributed by atoms with van der Waals surface area (Å²) in [6, 6.07) is 7.15. The van der Waals surface area contributed by atoms with E-state index in [4.69, 9.17) is 9.57 Å². The van der Waals surface area contributed by atoms with Crippen molar-refractivity contribution in [3.05, 3.63) is 24.3 Å². The van der Waals surface area contributed by atoms with Crippen LogP contribution >= 0.6 is 0 Å². The van der Waals surface area contributed by atoms with Crippen molar-refractivity contribution < 1.29 is 19.2 Å². The summed E-state index contributed by atoms with van der Waals surface area (Å²) in [5, 5.41) is 6.95. The molecule has 1 saturated carbocycles. The van der Waals surface area contributed by atoms with Crippen LogP contribution in [-0.4, -0.2) is 48.2 Å². The molecule has 3 aliphatic rings. The molecule has 2 aliphatic heterocycles. The van der Waals surface area contributed by atoms with Crippen LogP contribution in [0.15, 0.2) is 29.4 Å². The smallest absolute Gasteiger partial charge is 0.273 e. The molecule has 0 aromatic heterocycles. The van der Waals surface area contributed by atoms with Crippen molar-refractivity contribution in [1.29, 1.82) is 0 Å². The van der Waals surface area contributed by atoms with E-state index in [2.05, 4.69) is 10.5 Å². The molecule has 2 fully saturated rings. The number of hydrogen-bond acceptors (Lipinski definition) is 5. The Labute approximate surface area is 171 Å². The second kappa shape index (κ2) is 8.43. The zero-order valence-electron chi connectivity index (χ0n) is 17.0. The Morgan fingerprint density at radius 2 is 1.93 bits per heavy atom. The summed E-state index contributed by atoms with van der Waals surface area (Å²) < 4.78 is 5.13. The quantitative estimate of drug-likeness (QED) is 0.842. The molecular formula is C22H29N3O4. The number of carbonyl (C=O) groups excluding carboxylic acids is 2. The van der Waals surface area contributed by atoms with E-state index in [-0.39, 0.29) is 17.7 Å². The van der Waals surface area contributed by atoms with Crippen molar-refractivity contribution in [2.45, 2.75) is 57.0 Å². The van der Waals surface area contributed by atoms with Crippen molar-refractivity contribution in [2.75, 3.05) is 25.5 Å². The second-order valence-electron chi connectivity index (χ2n) is 8.37. The largest absolute Gasteiger partial charge is 0.497 e. The first-order valence-electron chi connectivity index (χ1n) is 10.6. The van der Waals surface area contributed by atoms with Crippen molar-refractivity contribution in [3.63, 3.8) is 0 Å². The number of amides is 2. The van der Waals surface area contributed by atoms with Crippen LogP contribution < -0.4 is 10.1 Å². The van der Waals surface area contributed by atoms with Crippen molar-refractivity contribution in [1.82, 2.24) is 4.90 Å². The van der Waals surface area contributed by atoms with Gasteiger partial charge in [-0.3, -0.25) is 9.59 Å². The number of carbonyl (C=O) groups is 2. The van der Waals surface area contributed by atoms with Crippen LogP contribution in [0.2, 0.25) is 0 Å². The van der Waals surface area contributed by atoms with Gasteiger partial charge in [0.25, 0.3) is 5.91 Å². The predicted octanol–water partition coefficient (Wildman–Crippen LogP) is 3.35. The number of methoxy groups -OCH3 is 1. The summed E-state index contributed by atoms with van der Waals surface area (Å²) in [7, 11) is 1.60. The number of piperidine rings is 1. The van der Waals surface area contributed by atoms with E-state index in [1.54, 1.807) is 31.4 Å². The maximum Gasteiger partial charge on any atom is 0.273 e. The summed E-state index contributed by atoms with van der Waals surface area (Å²) >= 11 is 0. The third kappa shape index (κ3) is 4.38. The van der Waals surface area contributed by atoms with Gasteiger partial charge in [0.15, 0.2) is 5.60 Å². The Balaban J connectivity index is 1.35. The average Bonchev–Trinajstić information content (AvgIpc) is 3.17. The van der Waals surface area contributed by atoms with Crippen LogP contribution in [0.3, 0.4) is 0 Å². The van der Waals surface area contributed by atoms with Gasteiger partial charge in [0.05, 0.1) is 13.7 Å². The lowest BCUT2D eigenvalue weighted by atomic mass is 9.85. The standard InChI is InChI=1S/C22H29N3O4/c1-28-18-10-8-17(9-11-18)23-20(26)19-14-22(29-24-19)12-5-13-25(15-22)21(27)16-6-3-2-4-7-16/h8-11,16H,2-7,12-15H2,1H3,(H,23,26). The maximum absolute atomic E-state index is 12.9. The lowest BCUT2D eigenvalue weighted by molar-refractivity contribution is -0.145. The van der Waals surface area contributed by atoms with E-state index in [1.165, 1.54) is 6.42 Å². The SMILES string of the molecule is COc1ccc(NC(=O)C2=NOC3(CCCN(C(=O)C4CCCCC4)C3)C2)cc1. The second-order valence-corrected chi connectivity index (χ2v) is 8.37. The zero-order chi connectivity index (χ0) is 20.3. The molecule has 4 rings (SSSR count). The van der Waals surface area contributed by atoms with Gasteiger partial charge in [0.1, 0.15) is 11.5 Å². The highest BCUT2D eigenvalue weighted by molar-refractivity contribution is 6.43. The molecule has 1 aromatic carbocycles. The lowest BCUT2D eigenvalue weighted by Crippen LogP contribution is -2.52. The molecule has 0 bridgehead atoms. The van der Waals surface area contributed by atoms with Crippen molar-refractivity contribution >= 4 is 23.2 Å². The number of rotatable bonds is 4. The maximum atomic E-state index is 12.9. The fraction of sp³-hybridized carbons (Fsp3) is 0.591. The molecular weight excluding hydrogens is 370 g/mol. The van der Waals surface area contributed by atoms with E-state index in [0.29, 0.717) is 24.4 Å². The monoisotopic (exact) mass is 399 g/mol. The van der Waals surface area contributed by atoms with Crippen molar-refractivity contribution in [3.8, 4) is 5.75 Å². The first kappa shape index (κ1) is 19.7. The predicted molar refractivity (Wildman–Crippen MR) is 110 cm³/mol. The van der Waals surface area contributed by atoms with E-state index in [9.17, 15) is 9.59 Å². The summed E-state index contributed by atoms with van der Waals surface area (Å²) in [6.45, 7) is 1.29. The van der Waals surface area contributed by atoms with Gasteiger partial charge in [-0.05, 0) is 49.9 Å². The Bertz CT molecular complexity index is 786. The average molecular weight is 399 g/mol. The number of benzene rings is 1. The molecule has 7 nitrogen and oxygen atoms in total. The van der Waals surface area contributed by atoms with Gasteiger partial charge < -0.3 is 19.8 Å². The Hall–Kier alpha value is -2.57.